The van der Waals surface area contributed by atoms with Crippen LogP contribution in [0.1, 0.15) is 38.8 Å². The molecule has 2 rings (SSSR count). The van der Waals surface area contributed by atoms with E-state index in [1.807, 2.05) is 5.51 Å². The van der Waals surface area contributed by atoms with E-state index in [2.05, 4.69) is 34.4 Å². The lowest BCUT2D eigenvalue weighted by molar-refractivity contribution is 0.151. The van der Waals surface area contributed by atoms with Crippen LogP contribution in [0.2, 0.25) is 0 Å². The number of hydrogen-bond donors (Lipinski definition) is 1. The summed E-state index contributed by atoms with van der Waals surface area (Å²) in [4.78, 5) is 6.96. The molecule has 2 heterocycles. The van der Waals surface area contributed by atoms with E-state index >= 15 is 0 Å². The largest absolute Gasteiger partial charge is 0.314 e. The average molecular weight is 281 g/mol. The molecule has 1 saturated heterocycles. The highest BCUT2D eigenvalue weighted by atomic mass is 32.1. The van der Waals surface area contributed by atoms with E-state index in [4.69, 9.17) is 0 Å². The Kier molecular flexibility index (Phi) is 6.28. The zero-order valence-electron chi connectivity index (χ0n) is 12.3. The summed E-state index contributed by atoms with van der Waals surface area (Å²) in [6.07, 6.45) is 5.07. The quantitative estimate of drug-likeness (QED) is 0.833. The number of piperidine rings is 1. The molecule has 2 atom stereocenters. The number of nitrogens with one attached hydrogen (secondary N) is 1. The number of thiazole rings is 1. The summed E-state index contributed by atoms with van der Waals surface area (Å²) in [7, 11) is 0. The van der Waals surface area contributed by atoms with Crippen LogP contribution >= 0.6 is 11.3 Å². The third-order valence-corrected chi connectivity index (χ3v) is 4.76. The van der Waals surface area contributed by atoms with Crippen molar-refractivity contribution < 1.29 is 0 Å². The highest BCUT2D eigenvalue weighted by Crippen LogP contribution is 2.19. The standard InChI is InChI=1S/C15H27N3S/c1-3-8-18-9-4-5-14(10-18)13(2)16-7-6-15-11-19-12-17-15/h11-14,16H,3-10H2,1-2H3. The van der Waals surface area contributed by atoms with E-state index in [9.17, 15) is 0 Å². The van der Waals surface area contributed by atoms with Crippen molar-refractivity contribution in [2.75, 3.05) is 26.2 Å². The lowest BCUT2D eigenvalue weighted by atomic mass is 9.91. The molecule has 0 aliphatic carbocycles. The molecule has 1 aliphatic heterocycles. The van der Waals surface area contributed by atoms with Gasteiger partial charge in [0.25, 0.3) is 0 Å². The van der Waals surface area contributed by atoms with E-state index in [0.29, 0.717) is 6.04 Å². The third-order valence-electron chi connectivity index (χ3n) is 4.12. The highest BCUT2D eigenvalue weighted by Gasteiger charge is 2.23. The summed E-state index contributed by atoms with van der Waals surface area (Å²) in [5.74, 6) is 0.815. The Hall–Kier alpha value is -0.450. The second kappa shape index (κ2) is 7.98. The summed E-state index contributed by atoms with van der Waals surface area (Å²) >= 11 is 1.69. The average Bonchev–Trinajstić information content (AvgIpc) is 2.92. The molecular weight excluding hydrogens is 254 g/mol. The Morgan fingerprint density at radius 3 is 3.21 bits per heavy atom. The molecule has 0 radical (unpaired) electrons. The van der Waals surface area contributed by atoms with E-state index in [1.165, 1.54) is 44.6 Å². The van der Waals surface area contributed by atoms with Gasteiger partial charge in [0.15, 0.2) is 0 Å². The Labute approximate surface area is 121 Å². The van der Waals surface area contributed by atoms with Gasteiger partial charge in [-0.05, 0) is 45.2 Å². The molecule has 0 saturated carbocycles. The summed E-state index contributed by atoms with van der Waals surface area (Å²) in [6, 6.07) is 0.623. The Balaban J connectivity index is 1.68. The number of likely N-dealkylation sites (tertiary alicyclic amines) is 1. The normalized spacial score (nSPS) is 22.5. The molecule has 0 bridgehead atoms. The first-order chi connectivity index (χ1) is 9.29. The maximum absolute atomic E-state index is 4.33. The van der Waals surface area contributed by atoms with Crippen molar-refractivity contribution in [2.45, 2.75) is 45.6 Å². The van der Waals surface area contributed by atoms with Gasteiger partial charge in [-0.15, -0.1) is 11.3 Å². The monoisotopic (exact) mass is 281 g/mol. The molecule has 3 nitrogen and oxygen atoms in total. The molecule has 4 heteroatoms. The minimum atomic E-state index is 0.623. The molecule has 0 aromatic carbocycles. The van der Waals surface area contributed by atoms with Crippen molar-refractivity contribution in [1.29, 1.82) is 0 Å². The molecule has 0 spiro atoms. The van der Waals surface area contributed by atoms with Crippen molar-refractivity contribution in [1.82, 2.24) is 15.2 Å². The van der Waals surface area contributed by atoms with Crippen LogP contribution in [0.4, 0.5) is 0 Å². The minimum absolute atomic E-state index is 0.623. The van der Waals surface area contributed by atoms with Crippen molar-refractivity contribution in [3.63, 3.8) is 0 Å². The number of hydrogen-bond acceptors (Lipinski definition) is 4. The van der Waals surface area contributed by atoms with Gasteiger partial charge in [0.2, 0.25) is 0 Å². The first kappa shape index (κ1) is 14.9. The molecule has 1 fully saturated rings. The molecule has 108 valence electrons. The molecule has 1 aromatic rings. The summed E-state index contributed by atoms with van der Waals surface area (Å²) in [6.45, 7) is 9.52. The number of nitrogens with zero attached hydrogens (tertiary/aromatic N) is 2. The third kappa shape index (κ3) is 4.86. The van der Waals surface area contributed by atoms with Gasteiger partial charge in [-0.3, -0.25) is 0 Å². The second-order valence-electron chi connectivity index (χ2n) is 5.68. The van der Waals surface area contributed by atoms with Crippen LogP contribution in [0.5, 0.6) is 0 Å². The zero-order chi connectivity index (χ0) is 13.5. The van der Waals surface area contributed by atoms with Crippen LogP contribution < -0.4 is 5.32 Å². The van der Waals surface area contributed by atoms with Gasteiger partial charge in [-0.25, -0.2) is 4.98 Å². The van der Waals surface area contributed by atoms with Crippen LogP contribution in [0, 0.1) is 5.92 Å². The van der Waals surface area contributed by atoms with Crippen LogP contribution in [0.3, 0.4) is 0 Å². The Morgan fingerprint density at radius 2 is 2.47 bits per heavy atom. The maximum atomic E-state index is 4.33. The molecule has 19 heavy (non-hydrogen) atoms. The van der Waals surface area contributed by atoms with Crippen molar-refractivity contribution in [3.8, 4) is 0 Å². The lowest BCUT2D eigenvalue weighted by Gasteiger charge is -2.36. The van der Waals surface area contributed by atoms with Gasteiger partial charge in [-0.1, -0.05) is 6.92 Å². The van der Waals surface area contributed by atoms with Gasteiger partial charge < -0.3 is 10.2 Å². The van der Waals surface area contributed by atoms with E-state index in [1.54, 1.807) is 11.3 Å². The van der Waals surface area contributed by atoms with E-state index in [0.717, 1.165) is 18.9 Å². The molecular formula is C15H27N3S. The van der Waals surface area contributed by atoms with Gasteiger partial charge in [0, 0.05) is 30.9 Å². The predicted octanol–water partition coefficient (Wildman–Crippen LogP) is 2.79. The highest BCUT2D eigenvalue weighted by molar-refractivity contribution is 7.07. The summed E-state index contributed by atoms with van der Waals surface area (Å²) in [5, 5.41) is 5.84. The van der Waals surface area contributed by atoms with Gasteiger partial charge in [0.05, 0.1) is 11.2 Å². The van der Waals surface area contributed by atoms with Crippen LogP contribution in [-0.4, -0.2) is 42.1 Å². The first-order valence-electron chi connectivity index (χ1n) is 7.62. The van der Waals surface area contributed by atoms with Crippen LogP contribution in [0.25, 0.3) is 0 Å². The SMILES string of the molecule is CCCN1CCCC(C(C)NCCc2cscn2)C1. The van der Waals surface area contributed by atoms with Crippen molar-refractivity contribution in [3.05, 3.63) is 16.6 Å². The zero-order valence-corrected chi connectivity index (χ0v) is 13.1. The predicted molar refractivity (Wildman–Crippen MR) is 82.7 cm³/mol. The topological polar surface area (TPSA) is 28.2 Å². The van der Waals surface area contributed by atoms with Crippen molar-refractivity contribution >= 4 is 11.3 Å². The van der Waals surface area contributed by atoms with Crippen molar-refractivity contribution in [2.24, 2.45) is 5.92 Å². The first-order valence-corrected chi connectivity index (χ1v) is 8.56. The smallest absolute Gasteiger partial charge is 0.0794 e. The van der Waals surface area contributed by atoms with Crippen LogP contribution in [0.15, 0.2) is 10.9 Å². The van der Waals surface area contributed by atoms with E-state index in [-0.39, 0.29) is 0 Å². The molecule has 1 aliphatic rings. The molecule has 1 aromatic heterocycles. The Morgan fingerprint density at radius 1 is 1.58 bits per heavy atom. The van der Waals surface area contributed by atoms with Gasteiger partial charge >= 0.3 is 0 Å². The van der Waals surface area contributed by atoms with Gasteiger partial charge in [0.1, 0.15) is 0 Å². The fraction of sp³-hybridized carbons (Fsp3) is 0.800. The maximum Gasteiger partial charge on any atom is 0.0794 e. The van der Waals surface area contributed by atoms with Crippen LogP contribution in [-0.2, 0) is 6.42 Å². The molecule has 0 amide bonds. The second-order valence-corrected chi connectivity index (χ2v) is 6.39. The lowest BCUT2D eigenvalue weighted by Crippen LogP contribution is -2.45. The Bertz CT molecular complexity index is 337. The minimum Gasteiger partial charge on any atom is -0.314 e. The van der Waals surface area contributed by atoms with Gasteiger partial charge in [-0.2, -0.15) is 0 Å². The number of rotatable bonds is 7. The van der Waals surface area contributed by atoms with E-state index < -0.39 is 0 Å². The summed E-state index contributed by atoms with van der Waals surface area (Å²) < 4.78 is 0. The summed E-state index contributed by atoms with van der Waals surface area (Å²) in [5.41, 5.74) is 3.14. The number of aromatic nitrogens is 1. The molecule has 2 unspecified atom stereocenters. The molecule has 1 N–H and O–H groups in total. The fourth-order valence-electron chi connectivity index (χ4n) is 2.97. The fourth-order valence-corrected chi connectivity index (χ4v) is 3.57.